The highest BCUT2D eigenvalue weighted by Crippen LogP contribution is 2.30. The van der Waals surface area contributed by atoms with E-state index >= 15 is 0 Å². The molecule has 3 N–H and O–H groups in total. The second-order valence-corrected chi connectivity index (χ2v) is 6.77. The highest BCUT2D eigenvalue weighted by Gasteiger charge is 2.33. The second kappa shape index (κ2) is 6.75. The number of carbonyl (C=O) groups is 1. The molecular weight excluding hydrogens is 437 g/mol. The third kappa shape index (κ3) is 3.85. The quantitative estimate of drug-likeness (QED) is 0.237. The van der Waals surface area contributed by atoms with E-state index in [9.17, 15) is 4.79 Å². The molecule has 108 valence electrons. The third-order valence-electron chi connectivity index (χ3n) is 3.14. The number of rotatable bonds is 5. The van der Waals surface area contributed by atoms with Crippen molar-refractivity contribution in [3.05, 3.63) is 31.8 Å². The molecule has 0 heterocycles. The zero-order valence-corrected chi connectivity index (χ0v) is 14.5. The van der Waals surface area contributed by atoms with Crippen LogP contribution in [0.3, 0.4) is 0 Å². The van der Waals surface area contributed by atoms with Crippen LogP contribution >= 0.6 is 38.5 Å². The monoisotopic (exact) mass is 451 g/mol. The molecule has 5 nitrogen and oxygen atoms in total. The molecule has 0 bridgehead atoms. The predicted molar refractivity (Wildman–Crippen MR) is 88.9 cm³/mol. The van der Waals surface area contributed by atoms with Crippen LogP contribution < -0.4 is 5.73 Å². The molecule has 1 aliphatic carbocycles. The summed E-state index contributed by atoms with van der Waals surface area (Å²) in [5.74, 6) is 0.149. The minimum Gasteiger partial charge on any atom is -0.409 e. The van der Waals surface area contributed by atoms with E-state index in [1.807, 2.05) is 23.1 Å². The number of amidine groups is 1. The SMILES string of the molecule is N/C(CCN(C(=O)c1cc(Br)ccc1I)C1CC1)=N/O. The standard InChI is InChI=1S/C13H15BrIN3O2/c14-8-1-4-11(15)10(7-8)13(19)18(9-2-3-9)6-5-12(16)17-20/h1,4,7,9,20H,2-3,5-6H2,(H2,16,17). The van der Waals surface area contributed by atoms with E-state index in [1.54, 1.807) is 0 Å². The first-order valence-electron chi connectivity index (χ1n) is 6.25. The van der Waals surface area contributed by atoms with Crippen molar-refractivity contribution >= 4 is 50.3 Å². The number of nitrogens with zero attached hydrogens (tertiary/aromatic N) is 2. The molecule has 1 amide bonds. The van der Waals surface area contributed by atoms with Crippen LogP contribution in [0.15, 0.2) is 27.8 Å². The number of hydrogen-bond acceptors (Lipinski definition) is 3. The van der Waals surface area contributed by atoms with E-state index in [0.29, 0.717) is 18.5 Å². The van der Waals surface area contributed by atoms with Crippen LogP contribution in [0.2, 0.25) is 0 Å². The number of benzene rings is 1. The summed E-state index contributed by atoms with van der Waals surface area (Å²) in [6.07, 6.45) is 2.42. The minimum atomic E-state index is 0.00365. The maximum absolute atomic E-state index is 12.7. The van der Waals surface area contributed by atoms with Gasteiger partial charge in [0.1, 0.15) is 5.84 Å². The predicted octanol–water partition coefficient (Wildman–Crippen LogP) is 2.79. The molecule has 1 aromatic carbocycles. The van der Waals surface area contributed by atoms with Crippen molar-refractivity contribution in [1.29, 1.82) is 0 Å². The zero-order chi connectivity index (χ0) is 14.7. The lowest BCUT2D eigenvalue weighted by Crippen LogP contribution is -2.36. The van der Waals surface area contributed by atoms with E-state index in [1.165, 1.54) is 0 Å². The second-order valence-electron chi connectivity index (χ2n) is 4.70. The first-order chi connectivity index (χ1) is 9.52. The van der Waals surface area contributed by atoms with Gasteiger partial charge in [0.2, 0.25) is 0 Å². The molecule has 1 fully saturated rings. The summed E-state index contributed by atoms with van der Waals surface area (Å²) in [4.78, 5) is 14.5. The normalized spacial score (nSPS) is 15.2. The van der Waals surface area contributed by atoms with E-state index < -0.39 is 0 Å². The Balaban J connectivity index is 2.16. The minimum absolute atomic E-state index is 0.00365. The van der Waals surface area contributed by atoms with E-state index in [4.69, 9.17) is 10.9 Å². The lowest BCUT2D eigenvalue weighted by atomic mass is 10.2. The van der Waals surface area contributed by atoms with Gasteiger partial charge >= 0.3 is 0 Å². The van der Waals surface area contributed by atoms with Gasteiger partial charge in [0.15, 0.2) is 0 Å². The molecule has 0 atom stereocenters. The van der Waals surface area contributed by atoms with Gasteiger partial charge in [-0.15, -0.1) is 0 Å². The van der Waals surface area contributed by atoms with Gasteiger partial charge in [0.25, 0.3) is 5.91 Å². The number of halogens is 2. The Morgan fingerprint density at radius 1 is 1.55 bits per heavy atom. The molecule has 0 radical (unpaired) electrons. The number of carbonyl (C=O) groups excluding carboxylic acids is 1. The van der Waals surface area contributed by atoms with Crippen molar-refractivity contribution in [3.8, 4) is 0 Å². The molecule has 7 heteroatoms. The summed E-state index contributed by atoms with van der Waals surface area (Å²) in [6, 6.07) is 5.94. The van der Waals surface area contributed by atoms with Crippen molar-refractivity contribution in [2.24, 2.45) is 10.9 Å². The highest BCUT2D eigenvalue weighted by atomic mass is 127. The average molecular weight is 452 g/mol. The maximum atomic E-state index is 12.7. The fourth-order valence-electron chi connectivity index (χ4n) is 1.94. The van der Waals surface area contributed by atoms with Gasteiger partial charge in [-0.05, 0) is 53.6 Å². The van der Waals surface area contributed by atoms with Crippen LogP contribution in [0, 0.1) is 3.57 Å². The Morgan fingerprint density at radius 3 is 2.85 bits per heavy atom. The fraction of sp³-hybridized carbons (Fsp3) is 0.385. The van der Waals surface area contributed by atoms with E-state index in [-0.39, 0.29) is 17.8 Å². The average Bonchev–Trinajstić information content (AvgIpc) is 3.25. The van der Waals surface area contributed by atoms with Crippen molar-refractivity contribution in [3.63, 3.8) is 0 Å². The van der Waals surface area contributed by atoms with Gasteiger partial charge in [-0.2, -0.15) is 0 Å². The molecule has 0 unspecified atom stereocenters. The van der Waals surface area contributed by atoms with Crippen molar-refractivity contribution < 1.29 is 10.0 Å². The Bertz CT molecular complexity index is 546. The van der Waals surface area contributed by atoms with E-state index in [2.05, 4.69) is 43.7 Å². The number of hydrogen-bond donors (Lipinski definition) is 2. The Hall–Kier alpha value is -0.830. The summed E-state index contributed by atoms with van der Waals surface area (Å²) in [6.45, 7) is 0.474. The Labute approximate surface area is 139 Å². The van der Waals surface area contributed by atoms with Gasteiger partial charge in [0.05, 0.1) is 5.56 Å². The van der Waals surface area contributed by atoms with Gasteiger partial charge in [-0.3, -0.25) is 4.79 Å². The van der Waals surface area contributed by atoms with Gasteiger partial charge in [-0.1, -0.05) is 21.1 Å². The van der Waals surface area contributed by atoms with E-state index in [0.717, 1.165) is 20.9 Å². The fourth-order valence-corrected chi connectivity index (χ4v) is 2.86. The Kier molecular flexibility index (Phi) is 5.25. The molecule has 1 aromatic rings. The van der Waals surface area contributed by atoms with Gasteiger partial charge < -0.3 is 15.8 Å². The third-order valence-corrected chi connectivity index (χ3v) is 4.58. The molecule has 0 aliphatic heterocycles. The molecule has 0 aromatic heterocycles. The molecular formula is C13H15BrIN3O2. The van der Waals surface area contributed by atoms with Gasteiger partial charge in [-0.25, -0.2) is 0 Å². The van der Waals surface area contributed by atoms with Crippen LogP contribution in [0.4, 0.5) is 0 Å². The molecule has 1 aliphatic rings. The van der Waals surface area contributed by atoms with Crippen LogP contribution in [0.5, 0.6) is 0 Å². The summed E-state index contributed by atoms with van der Waals surface area (Å²) in [7, 11) is 0. The summed E-state index contributed by atoms with van der Waals surface area (Å²) >= 11 is 5.56. The largest absolute Gasteiger partial charge is 0.409 e. The van der Waals surface area contributed by atoms with Crippen LogP contribution in [-0.4, -0.2) is 34.4 Å². The summed E-state index contributed by atoms with van der Waals surface area (Å²) in [5, 5.41) is 11.5. The molecule has 0 spiro atoms. The molecule has 1 saturated carbocycles. The number of nitrogens with two attached hydrogens (primary N) is 1. The van der Waals surface area contributed by atoms with Crippen LogP contribution in [-0.2, 0) is 0 Å². The van der Waals surface area contributed by atoms with Crippen LogP contribution in [0.25, 0.3) is 0 Å². The first-order valence-corrected chi connectivity index (χ1v) is 8.12. The Morgan fingerprint density at radius 2 is 2.25 bits per heavy atom. The zero-order valence-electron chi connectivity index (χ0n) is 10.7. The lowest BCUT2D eigenvalue weighted by Gasteiger charge is -2.23. The van der Waals surface area contributed by atoms with Crippen molar-refractivity contribution in [1.82, 2.24) is 4.90 Å². The van der Waals surface area contributed by atoms with Crippen molar-refractivity contribution in [2.75, 3.05) is 6.54 Å². The summed E-state index contributed by atoms with van der Waals surface area (Å²) in [5.41, 5.74) is 6.17. The van der Waals surface area contributed by atoms with Gasteiger partial charge in [0, 0.05) is 27.1 Å². The number of amides is 1. The molecule has 0 saturated heterocycles. The molecule has 2 rings (SSSR count). The maximum Gasteiger partial charge on any atom is 0.255 e. The molecule has 20 heavy (non-hydrogen) atoms. The summed E-state index contributed by atoms with van der Waals surface area (Å²) < 4.78 is 1.80. The topological polar surface area (TPSA) is 78.9 Å². The van der Waals surface area contributed by atoms with Crippen molar-refractivity contribution in [2.45, 2.75) is 25.3 Å². The highest BCUT2D eigenvalue weighted by molar-refractivity contribution is 14.1. The first kappa shape index (κ1) is 15.6. The number of oxime groups is 1. The smallest absolute Gasteiger partial charge is 0.255 e. The lowest BCUT2D eigenvalue weighted by molar-refractivity contribution is 0.0746. The van der Waals surface area contributed by atoms with Crippen LogP contribution in [0.1, 0.15) is 29.6 Å².